The van der Waals surface area contributed by atoms with E-state index in [9.17, 15) is 18.0 Å². The molecule has 3 aromatic carbocycles. The standard InChI is InChI=1S/C32H41N3O4S/c1-7-19-33-32(37)29(8-2)34(21-27-12-10-9-11-25(27)5)31(36)22-35(30-20-24(4)13-16-26(30)6)40(38,39)28-17-14-23(3)15-18-28/h9-18,20,29H,7-8,19,21-22H2,1-6H3,(H,33,37)/t29-/m1/s1. The number of carbonyl (C=O) groups excluding carboxylic acids is 2. The fraction of sp³-hybridized carbons (Fsp3) is 0.375. The van der Waals surface area contributed by atoms with E-state index in [4.69, 9.17) is 0 Å². The molecule has 1 atom stereocenters. The molecule has 40 heavy (non-hydrogen) atoms. The molecule has 0 aliphatic rings. The van der Waals surface area contributed by atoms with Gasteiger partial charge in [0.25, 0.3) is 10.0 Å². The first kappa shape index (κ1) is 30.9. The first-order valence-electron chi connectivity index (χ1n) is 13.8. The highest BCUT2D eigenvalue weighted by atomic mass is 32.2. The van der Waals surface area contributed by atoms with Crippen molar-refractivity contribution in [3.05, 3.63) is 94.5 Å². The third-order valence-electron chi connectivity index (χ3n) is 7.06. The van der Waals surface area contributed by atoms with E-state index < -0.39 is 28.5 Å². The molecule has 214 valence electrons. The van der Waals surface area contributed by atoms with E-state index >= 15 is 0 Å². The summed E-state index contributed by atoms with van der Waals surface area (Å²) in [5.41, 5.74) is 4.86. The zero-order valence-electron chi connectivity index (χ0n) is 24.4. The minimum absolute atomic E-state index is 0.102. The third kappa shape index (κ3) is 7.30. The average Bonchev–Trinajstić information content (AvgIpc) is 2.93. The van der Waals surface area contributed by atoms with Crippen LogP contribution in [0.1, 0.15) is 54.5 Å². The number of nitrogens with one attached hydrogen (secondary N) is 1. The second kappa shape index (κ2) is 13.6. The third-order valence-corrected chi connectivity index (χ3v) is 8.83. The lowest BCUT2D eigenvalue weighted by Gasteiger charge is -2.34. The lowest BCUT2D eigenvalue weighted by Crippen LogP contribution is -2.52. The van der Waals surface area contributed by atoms with Crippen LogP contribution in [0.5, 0.6) is 0 Å². The highest BCUT2D eigenvalue weighted by Gasteiger charge is 2.34. The second-order valence-corrected chi connectivity index (χ2v) is 12.1. The number of hydrogen-bond donors (Lipinski definition) is 1. The number of carbonyl (C=O) groups is 2. The Morgan fingerprint density at radius 1 is 0.850 bits per heavy atom. The second-order valence-electron chi connectivity index (χ2n) is 10.3. The van der Waals surface area contributed by atoms with Crippen LogP contribution in [0.4, 0.5) is 5.69 Å². The van der Waals surface area contributed by atoms with E-state index in [2.05, 4.69) is 5.32 Å². The Balaban J connectivity index is 2.11. The van der Waals surface area contributed by atoms with Crippen LogP contribution in [0.2, 0.25) is 0 Å². The Hall–Kier alpha value is -3.65. The minimum atomic E-state index is -4.10. The predicted octanol–water partition coefficient (Wildman–Crippen LogP) is 5.45. The zero-order chi connectivity index (χ0) is 29.4. The summed E-state index contributed by atoms with van der Waals surface area (Å²) < 4.78 is 29.3. The van der Waals surface area contributed by atoms with Crippen molar-refractivity contribution in [3.8, 4) is 0 Å². The highest BCUT2D eigenvalue weighted by molar-refractivity contribution is 7.92. The predicted molar refractivity (Wildman–Crippen MR) is 161 cm³/mol. The normalized spacial score (nSPS) is 12.1. The number of hydrogen-bond acceptors (Lipinski definition) is 4. The van der Waals surface area contributed by atoms with Gasteiger partial charge in [-0.2, -0.15) is 0 Å². The van der Waals surface area contributed by atoms with Crippen molar-refractivity contribution in [2.24, 2.45) is 0 Å². The van der Waals surface area contributed by atoms with Gasteiger partial charge in [-0.15, -0.1) is 0 Å². The van der Waals surface area contributed by atoms with Gasteiger partial charge in [0.2, 0.25) is 11.8 Å². The van der Waals surface area contributed by atoms with E-state index in [1.165, 1.54) is 9.21 Å². The Kier molecular flexibility index (Phi) is 10.5. The Bertz CT molecular complexity index is 1430. The summed E-state index contributed by atoms with van der Waals surface area (Å²) >= 11 is 0. The molecule has 0 heterocycles. The number of benzene rings is 3. The molecule has 0 aromatic heterocycles. The Labute approximate surface area is 239 Å². The highest BCUT2D eigenvalue weighted by Crippen LogP contribution is 2.29. The molecule has 3 rings (SSSR count). The van der Waals surface area contributed by atoms with Crippen molar-refractivity contribution in [3.63, 3.8) is 0 Å². The van der Waals surface area contributed by atoms with Crippen molar-refractivity contribution in [1.82, 2.24) is 10.2 Å². The molecular weight excluding hydrogens is 522 g/mol. The van der Waals surface area contributed by atoms with Crippen molar-refractivity contribution >= 4 is 27.5 Å². The molecule has 0 unspecified atom stereocenters. The van der Waals surface area contributed by atoms with Gasteiger partial charge in [0, 0.05) is 13.1 Å². The molecule has 0 aliphatic carbocycles. The van der Waals surface area contributed by atoms with E-state index in [0.29, 0.717) is 18.7 Å². The van der Waals surface area contributed by atoms with Crippen LogP contribution < -0.4 is 9.62 Å². The molecular formula is C32H41N3O4S. The number of anilines is 1. The van der Waals surface area contributed by atoms with Gasteiger partial charge < -0.3 is 10.2 Å². The first-order valence-corrected chi connectivity index (χ1v) is 15.2. The number of sulfonamides is 1. The molecule has 7 nitrogen and oxygen atoms in total. The van der Waals surface area contributed by atoms with E-state index in [1.54, 1.807) is 30.3 Å². The fourth-order valence-electron chi connectivity index (χ4n) is 4.60. The van der Waals surface area contributed by atoms with Crippen molar-refractivity contribution in [2.75, 3.05) is 17.4 Å². The molecule has 2 amide bonds. The van der Waals surface area contributed by atoms with E-state index in [0.717, 1.165) is 34.2 Å². The lowest BCUT2D eigenvalue weighted by atomic mass is 10.1. The van der Waals surface area contributed by atoms with Gasteiger partial charge >= 0.3 is 0 Å². The van der Waals surface area contributed by atoms with Crippen LogP contribution in [0.3, 0.4) is 0 Å². The van der Waals surface area contributed by atoms with Crippen molar-refractivity contribution < 1.29 is 18.0 Å². The van der Waals surface area contributed by atoms with Gasteiger partial charge in [-0.1, -0.05) is 67.9 Å². The van der Waals surface area contributed by atoms with Crippen molar-refractivity contribution in [2.45, 2.75) is 71.9 Å². The molecule has 1 N–H and O–H groups in total. The molecule has 0 radical (unpaired) electrons. The number of nitrogens with zero attached hydrogens (tertiary/aromatic N) is 2. The van der Waals surface area contributed by atoms with Gasteiger partial charge in [-0.3, -0.25) is 13.9 Å². The lowest BCUT2D eigenvalue weighted by molar-refractivity contribution is -0.140. The summed E-state index contributed by atoms with van der Waals surface area (Å²) in [6.07, 6.45) is 1.16. The maximum atomic E-state index is 14.2. The van der Waals surface area contributed by atoms with Gasteiger partial charge in [0.1, 0.15) is 12.6 Å². The van der Waals surface area contributed by atoms with Crippen LogP contribution in [-0.2, 0) is 26.2 Å². The van der Waals surface area contributed by atoms with Gasteiger partial charge in [-0.05, 0) is 81.0 Å². The van der Waals surface area contributed by atoms with E-state index in [1.807, 2.05) is 77.9 Å². The summed E-state index contributed by atoms with van der Waals surface area (Å²) in [5.74, 6) is -0.690. The summed E-state index contributed by atoms with van der Waals surface area (Å²) in [6.45, 7) is 11.6. The van der Waals surface area contributed by atoms with Gasteiger partial charge in [0.05, 0.1) is 10.6 Å². The Morgan fingerprint density at radius 2 is 1.50 bits per heavy atom. The van der Waals surface area contributed by atoms with Crippen LogP contribution >= 0.6 is 0 Å². The summed E-state index contributed by atoms with van der Waals surface area (Å²) in [6, 6.07) is 19.1. The summed E-state index contributed by atoms with van der Waals surface area (Å²) in [7, 11) is -4.10. The molecule has 0 saturated heterocycles. The number of rotatable bonds is 12. The average molecular weight is 564 g/mol. The van der Waals surface area contributed by atoms with Crippen LogP contribution in [0.25, 0.3) is 0 Å². The molecule has 0 saturated carbocycles. The quantitative estimate of drug-likeness (QED) is 0.318. The number of amides is 2. The molecule has 0 aliphatic heterocycles. The van der Waals surface area contributed by atoms with E-state index in [-0.39, 0.29) is 17.3 Å². The smallest absolute Gasteiger partial charge is 0.264 e. The van der Waals surface area contributed by atoms with Crippen LogP contribution in [-0.4, -0.2) is 44.3 Å². The molecule has 0 bridgehead atoms. The van der Waals surface area contributed by atoms with Crippen molar-refractivity contribution in [1.29, 1.82) is 0 Å². The summed E-state index contributed by atoms with van der Waals surface area (Å²) in [4.78, 5) is 29.0. The maximum Gasteiger partial charge on any atom is 0.264 e. The minimum Gasteiger partial charge on any atom is -0.354 e. The molecule has 3 aromatic rings. The number of aryl methyl sites for hydroxylation is 4. The summed E-state index contributed by atoms with van der Waals surface area (Å²) in [5, 5.41) is 2.92. The SMILES string of the molecule is CCCNC(=O)[C@@H](CC)N(Cc1ccccc1C)C(=O)CN(c1cc(C)ccc1C)S(=O)(=O)c1ccc(C)cc1. The molecule has 0 spiro atoms. The first-order chi connectivity index (χ1) is 19.0. The monoisotopic (exact) mass is 563 g/mol. The Morgan fingerprint density at radius 3 is 2.12 bits per heavy atom. The molecule has 0 fully saturated rings. The topological polar surface area (TPSA) is 86.8 Å². The maximum absolute atomic E-state index is 14.2. The van der Waals surface area contributed by atoms with Crippen LogP contribution in [0.15, 0.2) is 71.6 Å². The van der Waals surface area contributed by atoms with Gasteiger partial charge in [-0.25, -0.2) is 8.42 Å². The van der Waals surface area contributed by atoms with Crippen LogP contribution in [0, 0.1) is 27.7 Å². The zero-order valence-corrected chi connectivity index (χ0v) is 25.2. The van der Waals surface area contributed by atoms with Gasteiger partial charge in [0.15, 0.2) is 0 Å². The fourth-order valence-corrected chi connectivity index (χ4v) is 6.07. The largest absolute Gasteiger partial charge is 0.354 e. The molecule has 8 heteroatoms.